The average molecular weight is 329 g/mol. The first-order chi connectivity index (χ1) is 8.54. The molecule has 0 saturated heterocycles. The van der Waals surface area contributed by atoms with Gasteiger partial charge in [-0.15, -0.1) is 0 Å². The van der Waals surface area contributed by atoms with Gasteiger partial charge in [0.15, 0.2) is 5.82 Å². The summed E-state index contributed by atoms with van der Waals surface area (Å²) in [6.07, 6.45) is 1.82. The van der Waals surface area contributed by atoms with Gasteiger partial charge in [0.1, 0.15) is 0 Å². The highest BCUT2D eigenvalue weighted by molar-refractivity contribution is 9.10. The Bertz CT molecular complexity index is 565. The molecule has 0 radical (unpaired) electrons. The maximum absolute atomic E-state index is 11.0. The van der Waals surface area contributed by atoms with Crippen molar-refractivity contribution in [3.8, 4) is 0 Å². The summed E-state index contributed by atoms with van der Waals surface area (Å²) < 4.78 is 2.50. The fourth-order valence-corrected chi connectivity index (χ4v) is 2.05. The van der Waals surface area contributed by atoms with Crippen molar-refractivity contribution in [1.82, 2.24) is 9.78 Å². The highest BCUT2D eigenvalue weighted by Crippen LogP contribution is 2.20. The van der Waals surface area contributed by atoms with Crippen LogP contribution in [0.15, 0.2) is 34.9 Å². The van der Waals surface area contributed by atoms with Crippen LogP contribution in [0.2, 0.25) is 5.02 Å². The van der Waals surface area contributed by atoms with Gasteiger partial charge < -0.3 is 5.32 Å². The molecule has 4 nitrogen and oxygen atoms in total. The lowest BCUT2D eigenvalue weighted by Crippen LogP contribution is -2.08. The van der Waals surface area contributed by atoms with Crippen LogP contribution in [0.3, 0.4) is 0 Å². The molecule has 18 heavy (non-hydrogen) atoms. The van der Waals surface area contributed by atoms with Crippen LogP contribution in [0.1, 0.15) is 12.5 Å². The zero-order chi connectivity index (χ0) is 13.1. The molecule has 1 N–H and O–H groups in total. The summed E-state index contributed by atoms with van der Waals surface area (Å²) in [6, 6.07) is 7.56. The van der Waals surface area contributed by atoms with Crippen molar-refractivity contribution in [2.45, 2.75) is 13.5 Å². The smallest absolute Gasteiger partial charge is 0.222 e. The van der Waals surface area contributed by atoms with Gasteiger partial charge in [0.2, 0.25) is 5.91 Å². The van der Waals surface area contributed by atoms with E-state index < -0.39 is 0 Å². The van der Waals surface area contributed by atoms with Crippen molar-refractivity contribution in [2.24, 2.45) is 0 Å². The molecule has 2 rings (SSSR count). The van der Waals surface area contributed by atoms with E-state index in [2.05, 4.69) is 26.3 Å². The number of nitrogens with zero attached hydrogens (tertiary/aromatic N) is 2. The highest BCUT2D eigenvalue weighted by atomic mass is 79.9. The van der Waals surface area contributed by atoms with Crippen LogP contribution >= 0.6 is 27.5 Å². The number of halogens is 2. The van der Waals surface area contributed by atoms with Gasteiger partial charge in [-0.3, -0.25) is 9.48 Å². The van der Waals surface area contributed by atoms with Gasteiger partial charge in [0.05, 0.1) is 11.0 Å². The second kappa shape index (κ2) is 5.54. The van der Waals surface area contributed by atoms with Crippen LogP contribution in [0.5, 0.6) is 0 Å². The van der Waals surface area contributed by atoms with Crippen molar-refractivity contribution >= 4 is 39.3 Å². The summed E-state index contributed by atoms with van der Waals surface area (Å²) in [6.45, 7) is 2.07. The Morgan fingerprint density at radius 1 is 1.44 bits per heavy atom. The lowest BCUT2D eigenvalue weighted by atomic mass is 10.2. The van der Waals surface area contributed by atoms with Crippen LogP contribution in [0.4, 0.5) is 5.82 Å². The van der Waals surface area contributed by atoms with Gasteiger partial charge >= 0.3 is 0 Å². The minimum Gasteiger partial charge on any atom is -0.309 e. The Morgan fingerprint density at radius 3 is 2.72 bits per heavy atom. The molecule has 0 aliphatic carbocycles. The molecule has 94 valence electrons. The standard InChI is InChI=1S/C12H11BrClN3O/c1-8(18)15-12-11(13)7-17(16-12)6-9-2-4-10(14)5-3-9/h2-5,7H,6H2,1H3,(H,15,16,18). The molecule has 0 aliphatic rings. The van der Waals surface area contributed by atoms with Gasteiger partial charge in [-0.1, -0.05) is 23.7 Å². The molecular formula is C12H11BrClN3O. The van der Waals surface area contributed by atoms with E-state index >= 15 is 0 Å². The molecule has 1 aromatic heterocycles. The average Bonchev–Trinajstić information content (AvgIpc) is 2.62. The number of hydrogen-bond acceptors (Lipinski definition) is 2. The summed E-state index contributed by atoms with van der Waals surface area (Å²) in [5.74, 6) is 0.379. The molecule has 0 unspecified atom stereocenters. The van der Waals surface area contributed by atoms with Crippen molar-refractivity contribution in [2.75, 3.05) is 5.32 Å². The Labute approximate surface area is 118 Å². The van der Waals surface area contributed by atoms with E-state index in [0.717, 1.165) is 10.0 Å². The van der Waals surface area contributed by atoms with Crippen LogP contribution < -0.4 is 5.32 Å². The Kier molecular flexibility index (Phi) is 4.04. The topological polar surface area (TPSA) is 46.9 Å². The maximum Gasteiger partial charge on any atom is 0.222 e. The molecule has 0 fully saturated rings. The molecular weight excluding hydrogens is 318 g/mol. The van der Waals surface area contributed by atoms with Crippen LogP contribution in [-0.4, -0.2) is 15.7 Å². The fourth-order valence-electron chi connectivity index (χ4n) is 1.51. The van der Waals surface area contributed by atoms with E-state index in [1.807, 2.05) is 30.5 Å². The highest BCUT2D eigenvalue weighted by Gasteiger charge is 2.07. The molecule has 0 bridgehead atoms. The zero-order valence-electron chi connectivity index (χ0n) is 9.65. The van der Waals surface area contributed by atoms with Gasteiger partial charge in [0.25, 0.3) is 0 Å². The number of nitrogens with one attached hydrogen (secondary N) is 1. The number of hydrogen-bond donors (Lipinski definition) is 1. The van der Waals surface area contributed by atoms with Gasteiger partial charge in [-0.2, -0.15) is 5.10 Å². The summed E-state index contributed by atoms with van der Waals surface area (Å²) in [4.78, 5) is 11.0. The predicted molar refractivity (Wildman–Crippen MR) is 74.8 cm³/mol. The van der Waals surface area contributed by atoms with Crippen molar-refractivity contribution in [3.63, 3.8) is 0 Å². The molecule has 6 heteroatoms. The normalized spacial score (nSPS) is 10.4. The third-order valence-electron chi connectivity index (χ3n) is 2.27. The molecule has 1 amide bonds. The quantitative estimate of drug-likeness (QED) is 0.939. The largest absolute Gasteiger partial charge is 0.309 e. The zero-order valence-corrected chi connectivity index (χ0v) is 12.0. The molecule has 0 spiro atoms. The summed E-state index contributed by atoms with van der Waals surface area (Å²) >= 11 is 9.18. The van der Waals surface area contributed by atoms with E-state index in [4.69, 9.17) is 11.6 Å². The second-order valence-corrected chi connectivity index (χ2v) is 5.12. The van der Waals surface area contributed by atoms with Gasteiger partial charge in [0, 0.05) is 18.1 Å². The Balaban J connectivity index is 2.14. The molecule has 0 saturated carbocycles. The van der Waals surface area contributed by atoms with E-state index in [0.29, 0.717) is 17.4 Å². The molecule has 1 aromatic carbocycles. The molecule has 0 aliphatic heterocycles. The molecule has 1 heterocycles. The fraction of sp³-hybridized carbons (Fsp3) is 0.167. The lowest BCUT2D eigenvalue weighted by Gasteiger charge is -2.01. The van der Waals surface area contributed by atoms with Crippen molar-refractivity contribution in [1.29, 1.82) is 0 Å². The summed E-state index contributed by atoms with van der Waals surface area (Å²) in [5, 5.41) is 7.63. The van der Waals surface area contributed by atoms with Crippen LogP contribution in [0.25, 0.3) is 0 Å². The molecule has 0 atom stereocenters. The van der Waals surface area contributed by atoms with E-state index in [9.17, 15) is 4.79 Å². The Hall–Kier alpha value is -1.33. The number of amides is 1. The number of rotatable bonds is 3. The third-order valence-corrected chi connectivity index (χ3v) is 3.10. The summed E-state index contributed by atoms with van der Waals surface area (Å²) in [7, 11) is 0. The first-order valence-corrected chi connectivity index (χ1v) is 6.46. The number of benzene rings is 1. The Morgan fingerprint density at radius 2 is 2.11 bits per heavy atom. The number of carbonyl (C=O) groups excluding carboxylic acids is 1. The minimum atomic E-state index is -0.146. The number of anilines is 1. The maximum atomic E-state index is 11.0. The predicted octanol–water partition coefficient (Wildman–Crippen LogP) is 3.31. The SMILES string of the molecule is CC(=O)Nc1nn(Cc2ccc(Cl)cc2)cc1Br. The third kappa shape index (κ3) is 3.34. The van der Waals surface area contributed by atoms with Crippen LogP contribution in [0, 0.1) is 0 Å². The van der Waals surface area contributed by atoms with Gasteiger partial charge in [-0.25, -0.2) is 0 Å². The summed E-state index contributed by atoms with van der Waals surface area (Å²) in [5.41, 5.74) is 1.09. The van der Waals surface area contributed by atoms with Crippen molar-refractivity contribution in [3.05, 3.63) is 45.5 Å². The van der Waals surface area contributed by atoms with E-state index in [1.54, 1.807) is 4.68 Å². The minimum absolute atomic E-state index is 0.146. The van der Waals surface area contributed by atoms with Crippen molar-refractivity contribution < 1.29 is 4.79 Å². The monoisotopic (exact) mass is 327 g/mol. The first kappa shape index (κ1) is 13.1. The van der Waals surface area contributed by atoms with E-state index in [-0.39, 0.29) is 5.91 Å². The first-order valence-electron chi connectivity index (χ1n) is 5.29. The van der Waals surface area contributed by atoms with E-state index in [1.165, 1.54) is 6.92 Å². The number of carbonyl (C=O) groups is 1. The number of aromatic nitrogens is 2. The lowest BCUT2D eigenvalue weighted by molar-refractivity contribution is -0.114. The molecule has 2 aromatic rings. The van der Waals surface area contributed by atoms with Crippen LogP contribution in [-0.2, 0) is 11.3 Å². The second-order valence-electron chi connectivity index (χ2n) is 3.83. The van der Waals surface area contributed by atoms with Gasteiger partial charge in [-0.05, 0) is 33.6 Å².